The minimum Gasteiger partial charge on any atom is -0.497 e. The monoisotopic (exact) mass is 357 g/mol. The third-order valence-corrected chi connectivity index (χ3v) is 4.68. The molecular weight excluding hydrogens is 332 g/mol. The lowest BCUT2D eigenvalue weighted by Crippen LogP contribution is -3.12. The molecule has 2 aromatic rings. The summed E-state index contributed by atoms with van der Waals surface area (Å²) in [4.78, 5) is 13.6. The molecule has 2 atom stereocenters. The number of carbonyl (C=O) groups is 1. The average molecular weight is 357 g/mol. The lowest BCUT2D eigenvalue weighted by Gasteiger charge is -2.21. The molecule has 26 heavy (non-hydrogen) atoms. The normalized spacial score (nSPS) is 14.6. The van der Waals surface area contributed by atoms with Gasteiger partial charge in [0.05, 0.1) is 14.2 Å². The zero-order valence-corrected chi connectivity index (χ0v) is 15.4. The zero-order valence-electron chi connectivity index (χ0n) is 15.4. The van der Waals surface area contributed by atoms with Gasteiger partial charge >= 0.3 is 0 Å². The van der Waals surface area contributed by atoms with Crippen LogP contribution in [0.15, 0.2) is 42.5 Å². The van der Waals surface area contributed by atoms with Crippen molar-refractivity contribution in [3.63, 3.8) is 0 Å². The topological polar surface area (TPSA) is 61.2 Å². The molecule has 3 rings (SSSR count). The van der Waals surface area contributed by atoms with Gasteiger partial charge in [-0.15, -0.1) is 0 Å². The van der Waals surface area contributed by atoms with E-state index in [-0.39, 0.29) is 18.7 Å². The van der Waals surface area contributed by atoms with Crippen molar-refractivity contribution in [3.8, 4) is 17.2 Å². The molecule has 1 amide bonds. The number of fused-ring (bicyclic) bond motifs is 1. The maximum Gasteiger partial charge on any atom is 0.278 e. The van der Waals surface area contributed by atoms with Crippen LogP contribution in [0.1, 0.15) is 18.1 Å². The van der Waals surface area contributed by atoms with Crippen molar-refractivity contribution in [3.05, 3.63) is 53.6 Å². The Morgan fingerprint density at radius 1 is 1.15 bits per heavy atom. The van der Waals surface area contributed by atoms with Crippen LogP contribution in [0.5, 0.6) is 17.2 Å². The van der Waals surface area contributed by atoms with Crippen molar-refractivity contribution >= 4 is 5.91 Å². The van der Waals surface area contributed by atoms with Gasteiger partial charge in [0.1, 0.15) is 12.3 Å². The predicted molar refractivity (Wildman–Crippen MR) is 97.5 cm³/mol. The van der Waals surface area contributed by atoms with Gasteiger partial charge < -0.3 is 24.4 Å². The highest BCUT2D eigenvalue weighted by molar-refractivity contribution is 5.79. The fourth-order valence-corrected chi connectivity index (χ4v) is 2.84. The van der Waals surface area contributed by atoms with Crippen LogP contribution in [-0.2, 0) is 17.9 Å². The van der Waals surface area contributed by atoms with E-state index in [1.165, 1.54) is 0 Å². The fourth-order valence-electron chi connectivity index (χ4n) is 2.84. The molecular formula is C20H25N2O4+. The molecule has 0 radical (unpaired) electrons. The molecule has 1 unspecified atom stereocenters. The molecule has 0 fully saturated rings. The summed E-state index contributed by atoms with van der Waals surface area (Å²) in [5.41, 5.74) is 2.15. The van der Waals surface area contributed by atoms with E-state index >= 15 is 0 Å². The highest BCUT2D eigenvalue weighted by Gasteiger charge is 2.22. The van der Waals surface area contributed by atoms with E-state index in [1.807, 2.05) is 56.4 Å². The average Bonchev–Trinajstić information content (AvgIpc) is 3.13. The number of carbonyl (C=O) groups excluding carboxylic acids is 1. The summed E-state index contributed by atoms with van der Waals surface area (Å²) in [5, 5.41) is 3.00. The van der Waals surface area contributed by atoms with E-state index in [4.69, 9.17) is 14.2 Å². The highest BCUT2D eigenvalue weighted by Crippen LogP contribution is 2.32. The number of methoxy groups -OCH3 is 1. The predicted octanol–water partition coefficient (Wildman–Crippen LogP) is 1.14. The molecule has 1 aliphatic rings. The summed E-state index contributed by atoms with van der Waals surface area (Å²) in [6.07, 6.45) is 0. The van der Waals surface area contributed by atoms with Crippen LogP contribution in [0, 0.1) is 0 Å². The summed E-state index contributed by atoms with van der Waals surface area (Å²) in [7, 11) is 3.65. The summed E-state index contributed by atoms with van der Waals surface area (Å²) >= 11 is 0. The van der Waals surface area contributed by atoms with Gasteiger partial charge in [0, 0.05) is 12.1 Å². The molecule has 0 aromatic heterocycles. The van der Waals surface area contributed by atoms with Crippen molar-refractivity contribution in [2.75, 3.05) is 21.0 Å². The van der Waals surface area contributed by atoms with Gasteiger partial charge in [0.25, 0.3) is 5.91 Å². The van der Waals surface area contributed by atoms with Crippen molar-refractivity contribution in [2.45, 2.75) is 26.1 Å². The largest absolute Gasteiger partial charge is 0.497 e. The molecule has 0 saturated carbocycles. The lowest BCUT2D eigenvalue weighted by molar-refractivity contribution is -0.908. The van der Waals surface area contributed by atoms with E-state index in [0.717, 1.165) is 39.8 Å². The van der Waals surface area contributed by atoms with E-state index in [2.05, 4.69) is 5.32 Å². The Morgan fingerprint density at radius 3 is 2.58 bits per heavy atom. The SMILES string of the molecule is COc1ccc(CNC(=O)[C@H](C)[NH+](C)Cc2ccc3c(c2)OCO3)cc1. The second-order valence-electron chi connectivity index (χ2n) is 6.50. The van der Waals surface area contributed by atoms with Gasteiger partial charge in [0.15, 0.2) is 17.5 Å². The van der Waals surface area contributed by atoms with Crippen LogP contribution in [0.2, 0.25) is 0 Å². The quantitative estimate of drug-likeness (QED) is 0.780. The maximum atomic E-state index is 12.5. The number of hydrogen-bond acceptors (Lipinski definition) is 4. The first-order valence-corrected chi connectivity index (χ1v) is 8.68. The zero-order chi connectivity index (χ0) is 18.5. The number of ether oxygens (including phenoxy) is 3. The number of likely N-dealkylation sites (N-methyl/N-ethyl adjacent to an activating group) is 1. The first-order chi connectivity index (χ1) is 12.6. The third kappa shape index (κ3) is 4.26. The minimum atomic E-state index is -0.168. The lowest BCUT2D eigenvalue weighted by atomic mass is 10.1. The van der Waals surface area contributed by atoms with Crippen molar-refractivity contribution in [2.24, 2.45) is 0 Å². The van der Waals surface area contributed by atoms with E-state index < -0.39 is 0 Å². The molecule has 6 heteroatoms. The van der Waals surface area contributed by atoms with Crippen LogP contribution in [0.4, 0.5) is 0 Å². The Kier molecular flexibility index (Phi) is 5.63. The van der Waals surface area contributed by atoms with Gasteiger partial charge in [0.2, 0.25) is 6.79 Å². The van der Waals surface area contributed by atoms with Crippen molar-refractivity contribution in [1.29, 1.82) is 0 Å². The Labute approximate surface area is 153 Å². The molecule has 6 nitrogen and oxygen atoms in total. The summed E-state index contributed by atoms with van der Waals surface area (Å²) < 4.78 is 15.9. The fraction of sp³-hybridized carbons (Fsp3) is 0.350. The summed E-state index contributed by atoms with van der Waals surface area (Å²) in [6, 6.07) is 13.4. The molecule has 138 valence electrons. The van der Waals surface area contributed by atoms with E-state index in [1.54, 1.807) is 7.11 Å². The van der Waals surface area contributed by atoms with Crippen LogP contribution < -0.4 is 24.4 Å². The van der Waals surface area contributed by atoms with Crippen LogP contribution >= 0.6 is 0 Å². The van der Waals surface area contributed by atoms with E-state index in [9.17, 15) is 4.79 Å². The summed E-state index contributed by atoms with van der Waals surface area (Å²) in [6.45, 7) is 3.44. The Bertz CT molecular complexity index is 761. The second kappa shape index (κ2) is 8.10. The maximum absolute atomic E-state index is 12.5. The third-order valence-electron chi connectivity index (χ3n) is 4.68. The minimum absolute atomic E-state index is 0.0269. The van der Waals surface area contributed by atoms with Gasteiger partial charge in [-0.1, -0.05) is 12.1 Å². The van der Waals surface area contributed by atoms with Gasteiger partial charge in [-0.05, 0) is 42.8 Å². The number of rotatable bonds is 7. The smallest absolute Gasteiger partial charge is 0.278 e. The van der Waals surface area contributed by atoms with Gasteiger partial charge in [-0.25, -0.2) is 0 Å². The van der Waals surface area contributed by atoms with Crippen molar-refractivity contribution in [1.82, 2.24) is 5.32 Å². The van der Waals surface area contributed by atoms with Crippen molar-refractivity contribution < 1.29 is 23.9 Å². The Balaban J connectivity index is 1.52. The Morgan fingerprint density at radius 2 is 1.85 bits per heavy atom. The number of nitrogens with one attached hydrogen (secondary N) is 2. The molecule has 2 aromatic carbocycles. The number of quaternary nitrogens is 1. The van der Waals surface area contributed by atoms with E-state index in [0.29, 0.717) is 6.54 Å². The summed E-state index contributed by atoms with van der Waals surface area (Å²) in [5.74, 6) is 2.38. The first-order valence-electron chi connectivity index (χ1n) is 8.68. The molecule has 1 heterocycles. The number of hydrogen-bond donors (Lipinski definition) is 2. The molecule has 0 bridgehead atoms. The van der Waals surface area contributed by atoms with Gasteiger partial charge in [-0.3, -0.25) is 4.79 Å². The van der Waals surface area contributed by atoms with Gasteiger partial charge in [-0.2, -0.15) is 0 Å². The molecule has 0 saturated heterocycles. The van der Waals surface area contributed by atoms with Crippen LogP contribution in [0.25, 0.3) is 0 Å². The van der Waals surface area contributed by atoms with Crippen LogP contribution in [-0.4, -0.2) is 32.9 Å². The Hall–Kier alpha value is -2.73. The molecule has 0 spiro atoms. The first kappa shape index (κ1) is 18.1. The highest BCUT2D eigenvalue weighted by atomic mass is 16.7. The number of benzene rings is 2. The number of amides is 1. The second-order valence-corrected chi connectivity index (χ2v) is 6.50. The molecule has 2 N–H and O–H groups in total. The van der Waals surface area contributed by atoms with Crippen LogP contribution in [0.3, 0.4) is 0 Å². The molecule has 0 aliphatic carbocycles. The standard InChI is InChI=1S/C20H24N2O4/c1-14(20(23)21-11-15-4-7-17(24-3)8-5-15)22(2)12-16-6-9-18-19(10-16)26-13-25-18/h4-10,14H,11-13H2,1-3H3,(H,21,23)/p+1/t14-/m0/s1. The molecule has 1 aliphatic heterocycles.